The summed E-state index contributed by atoms with van der Waals surface area (Å²) < 4.78 is 6.16. The van der Waals surface area contributed by atoms with E-state index in [1.54, 1.807) is 0 Å². The summed E-state index contributed by atoms with van der Waals surface area (Å²) in [6.45, 7) is 0. The third-order valence-corrected chi connectivity index (χ3v) is 10.7. The quantitative estimate of drug-likeness (QED) is 0.156. The van der Waals surface area contributed by atoms with Gasteiger partial charge in [0.05, 0.1) is 0 Å². The van der Waals surface area contributed by atoms with Crippen LogP contribution in [0.3, 0.4) is 0 Å². The second kappa shape index (κ2) is 14.4. The Hall–Kier alpha value is -7.42. The second-order valence-electron chi connectivity index (χ2n) is 14.1. The lowest BCUT2D eigenvalue weighted by Crippen LogP contribution is -2.10. The number of furan rings is 1. The Balaban J connectivity index is 1.07. The van der Waals surface area contributed by atoms with Crippen LogP contribution in [0.2, 0.25) is 0 Å². The fourth-order valence-electron chi connectivity index (χ4n) is 7.97. The van der Waals surface area contributed by atoms with Crippen molar-refractivity contribution in [3.63, 3.8) is 0 Å². The third-order valence-electron chi connectivity index (χ3n) is 10.7. The molecule has 1 heterocycles. The van der Waals surface area contributed by atoms with Gasteiger partial charge in [0.25, 0.3) is 0 Å². The van der Waals surface area contributed by atoms with Crippen LogP contribution >= 0.6 is 0 Å². The maximum Gasteiger partial charge on any atom is 0.135 e. The normalized spacial score (nSPS) is 11.2. The minimum Gasteiger partial charge on any atom is -0.456 e. The zero-order valence-corrected chi connectivity index (χ0v) is 30.7. The van der Waals surface area contributed by atoms with E-state index in [1.165, 1.54) is 44.5 Å². The van der Waals surface area contributed by atoms with Crippen LogP contribution in [0.15, 0.2) is 229 Å². The molecule has 10 aromatic rings. The molecule has 0 fully saturated rings. The Morgan fingerprint density at radius 3 is 1.21 bits per heavy atom. The van der Waals surface area contributed by atoms with E-state index in [0.717, 1.165) is 50.1 Å². The summed E-state index contributed by atoms with van der Waals surface area (Å²) in [5.74, 6) is 0. The number of anilines is 3. The number of hydrogen-bond donors (Lipinski definition) is 0. The number of fused-ring (bicyclic) bond motifs is 3. The van der Waals surface area contributed by atoms with Crippen LogP contribution in [0, 0.1) is 0 Å². The molecule has 0 radical (unpaired) electrons. The fourth-order valence-corrected chi connectivity index (χ4v) is 7.97. The van der Waals surface area contributed by atoms with Gasteiger partial charge < -0.3 is 9.32 Å². The molecule has 0 aliphatic rings. The van der Waals surface area contributed by atoms with Crippen molar-refractivity contribution in [1.29, 1.82) is 0 Å². The van der Waals surface area contributed by atoms with Crippen LogP contribution < -0.4 is 4.90 Å². The van der Waals surface area contributed by atoms with Gasteiger partial charge in [-0.3, -0.25) is 0 Å². The van der Waals surface area contributed by atoms with Gasteiger partial charge in [-0.05, 0) is 110 Å². The lowest BCUT2D eigenvalue weighted by atomic mass is 9.94. The van der Waals surface area contributed by atoms with Crippen LogP contribution in [-0.2, 0) is 0 Å². The van der Waals surface area contributed by atoms with Gasteiger partial charge in [-0.2, -0.15) is 0 Å². The summed E-state index contributed by atoms with van der Waals surface area (Å²) in [4.78, 5) is 2.36. The van der Waals surface area contributed by atoms with Crippen molar-refractivity contribution in [2.24, 2.45) is 0 Å². The standard InChI is InChI=1S/C54H37NO/c1-3-14-38(15-4-1)47-20-7-9-22-49(47)40-26-31-44(32-27-40)55(45-33-28-41(29-34-45)50-23-10-8-21-48(50)39-16-5-2-6-17-39)46-19-13-18-42(36-46)43-30-35-54-52(37-43)51-24-11-12-25-53(51)56-54/h1-37H. The van der Waals surface area contributed by atoms with E-state index >= 15 is 0 Å². The molecule has 10 rings (SSSR count). The summed E-state index contributed by atoms with van der Waals surface area (Å²) in [7, 11) is 0. The molecule has 0 amide bonds. The van der Waals surface area contributed by atoms with Gasteiger partial charge in [0, 0.05) is 27.8 Å². The van der Waals surface area contributed by atoms with E-state index in [4.69, 9.17) is 4.42 Å². The molecule has 0 saturated carbocycles. The van der Waals surface area contributed by atoms with Crippen molar-refractivity contribution in [3.05, 3.63) is 224 Å². The highest BCUT2D eigenvalue weighted by Gasteiger charge is 2.17. The van der Waals surface area contributed by atoms with Crippen molar-refractivity contribution >= 4 is 39.0 Å². The molecule has 0 N–H and O–H groups in total. The summed E-state index contributed by atoms with van der Waals surface area (Å²) in [5.41, 5.74) is 17.0. The van der Waals surface area contributed by atoms with Gasteiger partial charge in [-0.1, -0.05) is 170 Å². The van der Waals surface area contributed by atoms with Crippen LogP contribution in [-0.4, -0.2) is 0 Å². The molecule has 0 aliphatic heterocycles. The van der Waals surface area contributed by atoms with Crippen molar-refractivity contribution < 1.29 is 4.42 Å². The van der Waals surface area contributed by atoms with Gasteiger partial charge in [0.1, 0.15) is 11.2 Å². The first kappa shape index (κ1) is 33.2. The SMILES string of the molecule is c1ccc(-c2ccccc2-c2ccc(N(c3ccc(-c4ccccc4-c4ccccc4)cc3)c3cccc(-c4ccc5oc6ccccc6c5c4)c3)cc2)cc1. The molecule has 2 heteroatoms. The molecule has 56 heavy (non-hydrogen) atoms. The van der Waals surface area contributed by atoms with Gasteiger partial charge in [0.2, 0.25) is 0 Å². The number of nitrogens with zero attached hydrogens (tertiary/aromatic N) is 1. The number of hydrogen-bond acceptors (Lipinski definition) is 2. The second-order valence-corrected chi connectivity index (χ2v) is 14.1. The van der Waals surface area contributed by atoms with Gasteiger partial charge in [-0.15, -0.1) is 0 Å². The number of rotatable bonds is 8. The maximum atomic E-state index is 6.16. The Bertz CT molecular complexity index is 2820. The molecule has 0 spiro atoms. The molecule has 2 nitrogen and oxygen atoms in total. The average Bonchev–Trinajstić information content (AvgIpc) is 3.66. The Morgan fingerprint density at radius 2 is 0.661 bits per heavy atom. The van der Waals surface area contributed by atoms with E-state index in [-0.39, 0.29) is 0 Å². The summed E-state index contributed by atoms with van der Waals surface area (Å²) in [5, 5.41) is 2.25. The molecule has 264 valence electrons. The van der Waals surface area contributed by atoms with E-state index in [2.05, 4.69) is 217 Å². The smallest absolute Gasteiger partial charge is 0.135 e. The minimum atomic E-state index is 0.899. The monoisotopic (exact) mass is 715 g/mol. The van der Waals surface area contributed by atoms with Crippen molar-refractivity contribution in [2.75, 3.05) is 4.90 Å². The van der Waals surface area contributed by atoms with Crippen molar-refractivity contribution in [1.82, 2.24) is 0 Å². The first-order valence-electron chi connectivity index (χ1n) is 19.1. The van der Waals surface area contributed by atoms with Crippen LogP contribution in [0.1, 0.15) is 0 Å². The van der Waals surface area contributed by atoms with E-state index in [1.807, 2.05) is 12.1 Å². The first-order valence-corrected chi connectivity index (χ1v) is 19.1. The van der Waals surface area contributed by atoms with E-state index in [9.17, 15) is 0 Å². The Morgan fingerprint density at radius 1 is 0.250 bits per heavy atom. The van der Waals surface area contributed by atoms with Crippen molar-refractivity contribution in [2.45, 2.75) is 0 Å². The van der Waals surface area contributed by atoms with Crippen LogP contribution in [0.4, 0.5) is 17.1 Å². The van der Waals surface area contributed by atoms with E-state index in [0.29, 0.717) is 0 Å². The topological polar surface area (TPSA) is 16.4 Å². The summed E-state index contributed by atoms with van der Waals surface area (Å²) >= 11 is 0. The maximum absolute atomic E-state index is 6.16. The zero-order valence-electron chi connectivity index (χ0n) is 30.7. The molecular formula is C54H37NO. The highest BCUT2D eigenvalue weighted by Crippen LogP contribution is 2.41. The largest absolute Gasteiger partial charge is 0.456 e. The third kappa shape index (κ3) is 6.24. The molecular weight excluding hydrogens is 679 g/mol. The molecule has 0 unspecified atom stereocenters. The molecule has 0 saturated heterocycles. The summed E-state index contributed by atoms with van der Waals surface area (Å²) in [6.07, 6.45) is 0. The predicted molar refractivity (Wildman–Crippen MR) is 236 cm³/mol. The Labute approximate surface area is 327 Å². The molecule has 0 atom stereocenters. The number of para-hydroxylation sites is 1. The van der Waals surface area contributed by atoms with Crippen LogP contribution in [0.5, 0.6) is 0 Å². The first-order chi connectivity index (χ1) is 27.8. The lowest BCUT2D eigenvalue weighted by Gasteiger charge is -2.26. The van der Waals surface area contributed by atoms with E-state index < -0.39 is 0 Å². The molecule has 0 aliphatic carbocycles. The van der Waals surface area contributed by atoms with Crippen molar-refractivity contribution in [3.8, 4) is 55.6 Å². The average molecular weight is 716 g/mol. The fraction of sp³-hybridized carbons (Fsp3) is 0. The highest BCUT2D eigenvalue weighted by atomic mass is 16.3. The molecule has 9 aromatic carbocycles. The summed E-state index contributed by atoms with van der Waals surface area (Å²) in [6, 6.07) is 80.1. The Kier molecular flexibility index (Phi) is 8.55. The van der Waals surface area contributed by atoms with Gasteiger partial charge in [0.15, 0.2) is 0 Å². The van der Waals surface area contributed by atoms with Crippen LogP contribution in [0.25, 0.3) is 77.6 Å². The molecule has 1 aromatic heterocycles. The lowest BCUT2D eigenvalue weighted by molar-refractivity contribution is 0.669. The molecule has 0 bridgehead atoms. The minimum absolute atomic E-state index is 0.899. The van der Waals surface area contributed by atoms with Gasteiger partial charge in [-0.25, -0.2) is 0 Å². The number of benzene rings is 9. The van der Waals surface area contributed by atoms with Gasteiger partial charge >= 0.3 is 0 Å². The zero-order chi connectivity index (χ0) is 37.3. The highest BCUT2D eigenvalue weighted by molar-refractivity contribution is 6.06. The predicted octanol–water partition coefficient (Wildman–Crippen LogP) is 15.4.